The quantitative estimate of drug-likeness (QED) is 0.482. The number of epoxide rings is 1. The second-order valence-electron chi connectivity index (χ2n) is 8.39. The first-order valence-corrected chi connectivity index (χ1v) is 11.2. The maximum Gasteiger partial charge on any atom is 0.349 e. The van der Waals surface area contributed by atoms with Crippen molar-refractivity contribution >= 4 is 28.6 Å². The highest BCUT2D eigenvalue weighted by Gasteiger charge is 2.63. The molecule has 144 valence electrons. The van der Waals surface area contributed by atoms with Gasteiger partial charge in [-0.2, -0.15) is 0 Å². The summed E-state index contributed by atoms with van der Waals surface area (Å²) in [5.74, 6) is -0.559. The van der Waals surface area contributed by atoms with Crippen molar-refractivity contribution in [3.63, 3.8) is 0 Å². The van der Waals surface area contributed by atoms with Gasteiger partial charge >= 0.3 is 5.97 Å². The molecular weight excluding hydrogens is 382 g/mol. The summed E-state index contributed by atoms with van der Waals surface area (Å²) in [5.41, 5.74) is -1.72. The summed E-state index contributed by atoms with van der Waals surface area (Å²) in [4.78, 5) is 14.4. The number of fused-ring (bicyclic) bond motifs is 4. The van der Waals surface area contributed by atoms with Crippen molar-refractivity contribution in [3.8, 4) is 0 Å². The lowest BCUT2D eigenvalue weighted by atomic mass is 9.81. The molecule has 0 spiro atoms. The van der Waals surface area contributed by atoms with Crippen LogP contribution in [0.15, 0.2) is 35.0 Å². The van der Waals surface area contributed by atoms with E-state index in [-0.39, 0.29) is 6.10 Å². The van der Waals surface area contributed by atoms with E-state index in [2.05, 4.69) is 14.1 Å². The van der Waals surface area contributed by atoms with E-state index in [1.165, 1.54) is 22.7 Å². The van der Waals surface area contributed by atoms with E-state index in [9.17, 15) is 9.90 Å². The van der Waals surface area contributed by atoms with Gasteiger partial charge in [0.05, 0.1) is 36.0 Å². The van der Waals surface area contributed by atoms with Crippen LogP contribution in [0.1, 0.15) is 29.0 Å². The maximum atomic E-state index is 13.2. The van der Waals surface area contributed by atoms with E-state index in [0.717, 1.165) is 23.7 Å². The van der Waals surface area contributed by atoms with Crippen LogP contribution in [0.5, 0.6) is 0 Å². The van der Waals surface area contributed by atoms with Crippen LogP contribution in [0.3, 0.4) is 0 Å². The second-order valence-corrected chi connectivity index (χ2v) is 10.3. The molecule has 3 unspecified atom stereocenters. The Kier molecular flexibility index (Phi) is 4.04. The lowest BCUT2D eigenvalue weighted by molar-refractivity contribution is -0.948. The number of quaternary nitrogens is 1. The Morgan fingerprint density at radius 3 is 2.44 bits per heavy atom. The van der Waals surface area contributed by atoms with Gasteiger partial charge in [-0.05, 0) is 22.9 Å². The number of esters is 1. The second kappa shape index (κ2) is 6.12. The number of thiophene rings is 2. The zero-order valence-corrected chi connectivity index (χ0v) is 17.0. The van der Waals surface area contributed by atoms with Gasteiger partial charge in [0.1, 0.15) is 18.2 Å². The largest absolute Gasteiger partial charge is 0.459 e. The number of aliphatic hydroxyl groups is 1. The fraction of sp³-hybridized carbons (Fsp3) is 0.550. The summed E-state index contributed by atoms with van der Waals surface area (Å²) in [7, 11) is 4.53. The highest BCUT2D eigenvalue weighted by Crippen LogP contribution is 2.48. The van der Waals surface area contributed by atoms with Gasteiger partial charge < -0.3 is 19.1 Å². The highest BCUT2D eigenvalue weighted by molar-refractivity contribution is 7.12. The summed E-state index contributed by atoms with van der Waals surface area (Å²) < 4.78 is 12.8. The minimum Gasteiger partial charge on any atom is -0.459 e. The maximum absolute atomic E-state index is 13.2. The van der Waals surface area contributed by atoms with E-state index in [1.807, 2.05) is 22.9 Å². The van der Waals surface area contributed by atoms with Gasteiger partial charge in [0.25, 0.3) is 0 Å². The first-order valence-electron chi connectivity index (χ1n) is 9.41. The smallest absolute Gasteiger partial charge is 0.349 e. The number of hydrogen-bond acceptors (Lipinski definition) is 6. The van der Waals surface area contributed by atoms with E-state index >= 15 is 0 Å². The van der Waals surface area contributed by atoms with Gasteiger partial charge in [0.15, 0.2) is 0 Å². The number of likely N-dealkylation sites (N-methyl/N-ethyl adjacent to an activating group) is 1. The SMILES string of the molecule is C[N+]1(C)C2CC3O[C@@H]3C1C[C@@H](OC(=O)C(O)(c1cccs1)c1cccs1)C2. The molecule has 3 aliphatic heterocycles. The monoisotopic (exact) mass is 406 g/mol. The van der Waals surface area contributed by atoms with Crippen LogP contribution < -0.4 is 0 Å². The Labute approximate surface area is 166 Å². The Morgan fingerprint density at radius 2 is 1.85 bits per heavy atom. The van der Waals surface area contributed by atoms with Crippen LogP contribution >= 0.6 is 22.7 Å². The van der Waals surface area contributed by atoms with Crippen molar-refractivity contribution in [2.24, 2.45) is 0 Å². The number of nitrogens with zero attached hydrogens (tertiary/aromatic N) is 1. The molecule has 3 saturated heterocycles. The van der Waals surface area contributed by atoms with Gasteiger partial charge in [0, 0.05) is 19.3 Å². The number of hydrogen-bond donors (Lipinski definition) is 1. The predicted octanol–water partition coefficient (Wildman–Crippen LogP) is 2.74. The van der Waals surface area contributed by atoms with E-state index in [4.69, 9.17) is 9.47 Å². The van der Waals surface area contributed by atoms with Crippen LogP contribution in [-0.4, -0.2) is 60.0 Å². The molecule has 5 nitrogen and oxygen atoms in total. The Morgan fingerprint density at radius 1 is 1.19 bits per heavy atom. The van der Waals surface area contributed by atoms with Crippen molar-refractivity contribution in [2.45, 2.75) is 55.3 Å². The van der Waals surface area contributed by atoms with E-state index < -0.39 is 11.6 Å². The molecule has 0 amide bonds. The third-order valence-electron chi connectivity index (χ3n) is 6.67. The molecule has 5 atom stereocenters. The van der Waals surface area contributed by atoms with Crippen LogP contribution in [0, 0.1) is 0 Å². The molecule has 0 saturated carbocycles. The zero-order chi connectivity index (χ0) is 18.8. The first kappa shape index (κ1) is 17.8. The molecule has 27 heavy (non-hydrogen) atoms. The van der Waals surface area contributed by atoms with Crippen LogP contribution in [0.2, 0.25) is 0 Å². The Hall–Kier alpha value is -1.25. The molecule has 0 aliphatic carbocycles. The fourth-order valence-electron chi connectivity index (χ4n) is 4.94. The van der Waals surface area contributed by atoms with Gasteiger partial charge in [-0.1, -0.05) is 12.1 Å². The summed E-state index contributed by atoms with van der Waals surface area (Å²) in [6.07, 6.45) is 3.18. The molecular formula is C20H24NO4S2+. The minimum absolute atomic E-state index is 0.171. The molecule has 2 bridgehead atoms. The van der Waals surface area contributed by atoms with Crippen molar-refractivity contribution in [1.29, 1.82) is 0 Å². The molecule has 2 aromatic rings. The molecule has 5 heterocycles. The topological polar surface area (TPSA) is 59.1 Å². The standard InChI is InChI=1S/C20H24NO4S2/c1-21(2)12-9-13(11-14(21)18-15(10-12)25-18)24-19(22)20(23,16-5-3-7-26-16)17-6-4-8-27-17/h3-8,12-15,18,23H,9-11H2,1-2H3/q+1/t12?,13-,14?,15?,18+/m0/s1. The third kappa shape index (κ3) is 2.71. The number of carbonyl (C=O) groups is 1. The number of rotatable bonds is 4. The summed E-state index contributed by atoms with van der Waals surface area (Å²) >= 11 is 2.75. The molecule has 1 N–H and O–H groups in total. The highest BCUT2D eigenvalue weighted by atomic mass is 32.1. The summed E-state index contributed by atoms with van der Waals surface area (Å²) in [6.45, 7) is 0. The van der Waals surface area contributed by atoms with Crippen LogP contribution in [0.4, 0.5) is 0 Å². The Bertz CT molecular complexity index is 798. The van der Waals surface area contributed by atoms with Crippen molar-refractivity contribution in [3.05, 3.63) is 44.8 Å². The fourth-order valence-corrected chi connectivity index (χ4v) is 6.66. The van der Waals surface area contributed by atoms with E-state index in [0.29, 0.717) is 34.0 Å². The van der Waals surface area contributed by atoms with Crippen LogP contribution in [-0.2, 0) is 19.9 Å². The van der Waals surface area contributed by atoms with Gasteiger partial charge in [0.2, 0.25) is 5.60 Å². The normalized spacial score (nSPS) is 34.0. The van der Waals surface area contributed by atoms with Crippen molar-refractivity contribution in [2.75, 3.05) is 14.1 Å². The third-order valence-corrected chi connectivity index (χ3v) is 8.62. The van der Waals surface area contributed by atoms with Crippen LogP contribution in [0.25, 0.3) is 0 Å². The average molecular weight is 407 g/mol. The molecule has 0 aromatic carbocycles. The van der Waals surface area contributed by atoms with Crippen molar-refractivity contribution < 1.29 is 23.9 Å². The number of ether oxygens (including phenoxy) is 2. The Balaban J connectivity index is 1.40. The first-order chi connectivity index (χ1) is 12.9. The number of piperidine rings is 2. The number of carbonyl (C=O) groups excluding carboxylic acids is 1. The van der Waals surface area contributed by atoms with Gasteiger partial charge in [-0.15, -0.1) is 22.7 Å². The molecule has 5 rings (SSSR count). The van der Waals surface area contributed by atoms with Crippen molar-refractivity contribution in [1.82, 2.24) is 0 Å². The molecule has 3 aliphatic rings. The molecule has 7 heteroatoms. The summed E-state index contributed by atoms with van der Waals surface area (Å²) in [5, 5.41) is 15.2. The summed E-state index contributed by atoms with van der Waals surface area (Å²) in [6, 6.07) is 8.08. The lowest BCUT2D eigenvalue weighted by Crippen LogP contribution is -2.66. The average Bonchev–Trinajstić information content (AvgIpc) is 3.08. The van der Waals surface area contributed by atoms with E-state index in [1.54, 1.807) is 12.1 Å². The zero-order valence-electron chi connectivity index (χ0n) is 15.4. The lowest BCUT2D eigenvalue weighted by Gasteiger charge is -2.51. The minimum atomic E-state index is -1.72. The molecule has 0 radical (unpaired) electrons. The molecule has 2 aromatic heterocycles. The van der Waals surface area contributed by atoms with Gasteiger partial charge in [-0.25, -0.2) is 4.79 Å². The molecule has 3 fully saturated rings. The predicted molar refractivity (Wildman–Crippen MR) is 104 cm³/mol. The van der Waals surface area contributed by atoms with Gasteiger partial charge in [-0.3, -0.25) is 0 Å².